The highest BCUT2D eigenvalue weighted by Gasteiger charge is 2.19. The van der Waals surface area contributed by atoms with Crippen LogP contribution >= 0.6 is 0 Å². The SMILES string of the molecule is Cc1ccc(C(=Cc2ccc(N(c3ccc(C=CC=C(c4ccccc4)c4ccccc4)cc3)c3ccc4c(c3)CCCC4)c3ccccc23)c2ccc(C)cc2)cc1. The Morgan fingerprint density at radius 3 is 1.63 bits per heavy atom. The molecule has 1 nitrogen and oxygen atoms in total. The Balaban J connectivity index is 1.13. The van der Waals surface area contributed by atoms with Crippen molar-refractivity contribution in [2.75, 3.05) is 4.90 Å². The fourth-order valence-corrected chi connectivity index (χ4v) is 8.45. The lowest BCUT2D eigenvalue weighted by atomic mass is 9.91. The molecule has 59 heavy (non-hydrogen) atoms. The lowest BCUT2D eigenvalue weighted by molar-refractivity contribution is 0.685. The first-order valence-corrected chi connectivity index (χ1v) is 21.0. The summed E-state index contributed by atoms with van der Waals surface area (Å²) in [7, 11) is 0. The van der Waals surface area contributed by atoms with Crippen molar-refractivity contribution >= 4 is 51.1 Å². The summed E-state index contributed by atoms with van der Waals surface area (Å²) in [6, 6.07) is 68.8. The Bertz CT molecular complexity index is 2700. The summed E-state index contributed by atoms with van der Waals surface area (Å²) in [6.45, 7) is 4.30. The number of fused-ring (bicyclic) bond motifs is 2. The quantitative estimate of drug-likeness (QED) is 0.0991. The minimum Gasteiger partial charge on any atom is -0.310 e. The van der Waals surface area contributed by atoms with Gasteiger partial charge in [-0.25, -0.2) is 0 Å². The zero-order valence-electron chi connectivity index (χ0n) is 34.0. The molecule has 0 amide bonds. The molecule has 1 aliphatic carbocycles. The van der Waals surface area contributed by atoms with Gasteiger partial charge < -0.3 is 4.90 Å². The van der Waals surface area contributed by atoms with Gasteiger partial charge in [0, 0.05) is 16.8 Å². The largest absolute Gasteiger partial charge is 0.310 e. The third-order valence-electron chi connectivity index (χ3n) is 11.7. The number of nitrogens with zero attached hydrogens (tertiary/aromatic N) is 1. The van der Waals surface area contributed by atoms with Crippen LogP contribution in [0.15, 0.2) is 200 Å². The topological polar surface area (TPSA) is 3.24 Å². The van der Waals surface area contributed by atoms with E-state index in [1.165, 1.54) is 96.2 Å². The first-order valence-electron chi connectivity index (χ1n) is 21.0. The molecular formula is C58H49N. The van der Waals surface area contributed by atoms with E-state index in [4.69, 9.17) is 0 Å². The van der Waals surface area contributed by atoms with Gasteiger partial charge in [-0.3, -0.25) is 0 Å². The first-order chi connectivity index (χ1) is 29.1. The van der Waals surface area contributed by atoms with Crippen LogP contribution in [0.25, 0.3) is 34.1 Å². The Morgan fingerprint density at radius 1 is 0.458 bits per heavy atom. The van der Waals surface area contributed by atoms with E-state index in [9.17, 15) is 0 Å². The van der Waals surface area contributed by atoms with Gasteiger partial charge in [-0.2, -0.15) is 0 Å². The molecule has 0 N–H and O–H groups in total. The molecule has 9 rings (SSSR count). The summed E-state index contributed by atoms with van der Waals surface area (Å²) in [6.07, 6.45) is 13.8. The Hall–Kier alpha value is -6.96. The highest BCUT2D eigenvalue weighted by atomic mass is 15.1. The van der Waals surface area contributed by atoms with E-state index >= 15 is 0 Å². The molecule has 0 spiro atoms. The second-order valence-corrected chi connectivity index (χ2v) is 15.8. The predicted octanol–water partition coefficient (Wildman–Crippen LogP) is 15.5. The predicted molar refractivity (Wildman–Crippen MR) is 254 cm³/mol. The second-order valence-electron chi connectivity index (χ2n) is 15.8. The third-order valence-corrected chi connectivity index (χ3v) is 11.7. The van der Waals surface area contributed by atoms with Gasteiger partial charge >= 0.3 is 0 Å². The van der Waals surface area contributed by atoms with Gasteiger partial charge in [0.2, 0.25) is 0 Å². The average Bonchev–Trinajstić information content (AvgIpc) is 3.29. The summed E-state index contributed by atoms with van der Waals surface area (Å²) >= 11 is 0. The molecule has 1 aliphatic rings. The Morgan fingerprint density at radius 2 is 1.00 bits per heavy atom. The molecule has 8 aromatic rings. The molecule has 0 saturated carbocycles. The van der Waals surface area contributed by atoms with Crippen molar-refractivity contribution in [2.45, 2.75) is 39.5 Å². The zero-order chi connectivity index (χ0) is 40.0. The van der Waals surface area contributed by atoms with E-state index in [0.29, 0.717) is 0 Å². The summed E-state index contributed by atoms with van der Waals surface area (Å²) in [4.78, 5) is 2.46. The molecule has 0 heterocycles. The highest BCUT2D eigenvalue weighted by molar-refractivity contribution is 6.06. The van der Waals surface area contributed by atoms with Crippen LogP contribution in [0.5, 0.6) is 0 Å². The average molecular weight is 760 g/mol. The molecular weight excluding hydrogens is 711 g/mol. The first kappa shape index (κ1) is 37.6. The van der Waals surface area contributed by atoms with Crippen molar-refractivity contribution in [3.8, 4) is 0 Å². The molecule has 1 heteroatoms. The molecule has 8 aromatic carbocycles. The van der Waals surface area contributed by atoms with Crippen LogP contribution in [0.2, 0.25) is 0 Å². The van der Waals surface area contributed by atoms with Crippen molar-refractivity contribution < 1.29 is 0 Å². The van der Waals surface area contributed by atoms with Gasteiger partial charge in [-0.1, -0.05) is 187 Å². The van der Waals surface area contributed by atoms with Gasteiger partial charge in [-0.05, 0) is 137 Å². The van der Waals surface area contributed by atoms with Crippen LogP contribution in [0.1, 0.15) is 68.5 Å². The number of benzene rings is 8. The lowest BCUT2D eigenvalue weighted by Gasteiger charge is -2.29. The highest BCUT2D eigenvalue weighted by Crippen LogP contribution is 2.42. The number of anilines is 3. The van der Waals surface area contributed by atoms with Crippen molar-refractivity contribution in [3.63, 3.8) is 0 Å². The van der Waals surface area contributed by atoms with Crippen LogP contribution in [0.4, 0.5) is 17.1 Å². The Labute approximate surface area is 350 Å². The van der Waals surface area contributed by atoms with Gasteiger partial charge in [-0.15, -0.1) is 0 Å². The van der Waals surface area contributed by atoms with E-state index in [0.717, 1.165) is 24.1 Å². The van der Waals surface area contributed by atoms with Crippen LogP contribution in [-0.4, -0.2) is 0 Å². The van der Waals surface area contributed by atoms with Gasteiger partial charge in [0.1, 0.15) is 0 Å². The standard InChI is InChI=1S/C58H49N/c1-42-24-30-48(31-25-42)57(49-32-26-43(2)27-33-49)41-51-35-39-58(56-22-12-11-21-55(51)56)59(53-38-34-45-15-9-10-20-50(45)40-53)52-36-28-44(29-37-52)14-13-23-54(46-16-5-3-6-17-46)47-18-7-4-8-19-47/h3-8,11-14,16-19,21-41H,9-10,15,20H2,1-2H3. The van der Waals surface area contributed by atoms with E-state index in [2.05, 4.69) is 231 Å². The maximum atomic E-state index is 2.46. The minimum absolute atomic E-state index is 1.13. The summed E-state index contributed by atoms with van der Waals surface area (Å²) in [5, 5.41) is 2.44. The summed E-state index contributed by atoms with van der Waals surface area (Å²) in [5.74, 6) is 0. The third kappa shape index (κ3) is 8.38. The fourth-order valence-electron chi connectivity index (χ4n) is 8.45. The van der Waals surface area contributed by atoms with Gasteiger partial charge in [0.05, 0.1) is 5.69 Å². The molecule has 0 bridgehead atoms. The van der Waals surface area contributed by atoms with Crippen LogP contribution in [0, 0.1) is 13.8 Å². The molecule has 0 fully saturated rings. The number of rotatable bonds is 10. The van der Waals surface area contributed by atoms with Crippen molar-refractivity contribution in [3.05, 3.63) is 256 Å². The maximum absolute atomic E-state index is 2.46. The van der Waals surface area contributed by atoms with Crippen molar-refractivity contribution in [1.82, 2.24) is 0 Å². The molecule has 0 unspecified atom stereocenters. The number of hydrogen-bond acceptors (Lipinski definition) is 1. The van der Waals surface area contributed by atoms with Crippen molar-refractivity contribution in [2.24, 2.45) is 0 Å². The fraction of sp³-hybridized carbons (Fsp3) is 0.103. The summed E-state index contributed by atoms with van der Waals surface area (Å²) in [5.41, 5.74) is 18.6. The van der Waals surface area contributed by atoms with E-state index < -0.39 is 0 Å². The number of hydrogen-bond donors (Lipinski definition) is 0. The van der Waals surface area contributed by atoms with Gasteiger partial charge in [0.15, 0.2) is 0 Å². The molecule has 0 saturated heterocycles. The molecule has 0 aromatic heterocycles. The minimum atomic E-state index is 1.13. The summed E-state index contributed by atoms with van der Waals surface area (Å²) < 4.78 is 0. The van der Waals surface area contributed by atoms with E-state index in [1.54, 1.807) is 0 Å². The van der Waals surface area contributed by atoms with Gasteiger partial charge in [0.25, 0.3) is 0 Å². The maximum Gasteiger partial charge on any atom is 0.0540 e. The van der Waals surface area contributed by atoms with E-state index in [-0.39, 0.29) is 0 Å². The lowest BCUT2D eigenvalue weighted by Crippen LogP contribution is -2.12. The zero-order valence-corrected chi connectivity index (χ0v) is 34.0. The smallest absolute Gasteiger partial charge is 0.0540 e. The second kappa shape index (κ2) is 17.3. The molecule has 0 atom stereocenters. The van der Waals surface area contributed by atoms with Crippen LogP contribution in [-0.2, 0) is 12.8 Å². The van der Waals surface area contributed by atoms with Crippen LogP contribution in [0.3, 0.4) is 0 Å². The monoisotopic (exact) mass is 759 g/mol. The van der Waals surface area contributed by atoms with Crippen molar-refractivity contribution in [1.29, 1.82) is 0 Å². The number of aryl methyl sites for hydroxylation is 4. The molecule has 0 radical (unpaired) electrons. The molecule has 0 aliphatic heterocycles. The van der Waals surface area contributed by atoms with E-state index in [1.807, 2.05) is 0 Å². The number of allylic oxidation sites excluding steroid dienone is 2. The Kier molecular flexibility index (Phi) is 11.0. The normalized spacial score (nSPS) is 12.2. The van der Waals surface area contributed by atoms with Crippen LogP contribution < -0.4 is 4.90 Å². The molecule has 286 valence electrons.